The molecule has 0 aliphatic heterocycles. The van der Waals surface area contributed by atoms with Gasteiger partial charge in [0.2, 0.25) is 5.91 Å². The summed E-state index contributed by atoms with van der Waals surface area (Å²) in [5, 5.41) is 0. The van der Waals surface area contributed by atoms with Crippen LogP contribution in [0.2, 0.25) is 0 Å². The molecule has 27 heavy (non-hydrogen) atoms. The van der Waals surface area contributed by atoms with Crippen molar-refractivity contribution in [2.24, 2.45) is 7.05 Å². The number of ether oxygens (including phenoxy) is 1. The van der Waals surface area contributed by atoms with Gasteiger partial charge in [-0.05, 0) is 29.8 Å². The third kappa shape index (κ3) is 3.79. The molecule has 0 aliphatic carbocycles. The quantitative estimate of drug-likeness (QED) is 0.605. The number of hydrogen-bond donors (Lipinski definition) is 0. The van der Waals surface area contributed by atoms with E-state index in [1.54, 1.807) is 29.7 Å². The number of imidazole rings is 1. The molecule has 2 aromatic carbocycles. The number of methoxy groups -OCH3 is 1. The van der Waals surface area contributed by atoms with Gasteiger partial charge in [0.1, 0.15) is 12.3 Å². The maximum Gasteiger partial charge on any atom is 0.329 e. The fourth-order valence-corrected chi connectivity index (χ4v) is 3.11. The van der Waals surface area contributed by atoms with Crippen LogP contribution in [0.4, 0.5) is 0 Å². The number of benzene rings is 2. The molecule has 6 heteroatoms. The van der Waals surface area contributed by atoms with E-state index in [0.29, 0.717) is 13.1 Å². The molecule has 0 fully saturated rings. The van der Waals surface area contributed by atoms with Crippen LogP contribution in [-0.4, -0.2) is 33.6 Å². The Morgan fingerprint density at radius 1 is 1.15 bits per heavy atom. The van der Waals surface area contributed by atoms with Crippen LogP contribution in [0.5, 0.6) is 5.75 Å². The van der Waals surface area contributed by atoms with Crippen molar-refractivity contribution in [2.45, 2.75) is 13.1 Å². The molecule has 6 nitrogen and oxygen atoms in total. The summed E-state index contributed by atoms with van der Waals surface area (Å²) in [7, 11) is 3.33. The van der Waals surface area contributed by atoms with Crippen molar-refractivity contribution in [3.63, 3.8) is 0 Å². The SMILES string of the molecule is C=CCN(Cc1ccc(OC)cc1)C(=O)Cn1c(=O)n(C)c2ccccc21. The second kappa shape index (κ2) is 7.95. The summed E-state index contributed by atoms with van der Waals surface area (Å²) in [6.07, 6.45) is 1.69. The summed E-state index contributed by atoms with van der Waals surface area (Å²) < 4.78 is 8.24. The van der Waals surface area contributed by atoms with E-state index in [9.17, 15) is 9.59 Å². The largest absolute Gasteiger partial charge is 0.497 e. The van der Waals surface area contributed by atoms with Gasteiger partial charge in [-0.1, -0.05) is 30.3 Å². The number of aryl methyl sites for hydroxylation is 1. The highest BCUT2D eigenvalue weighted by Crippen LogP contribution is 2.15. The number of rotatable bonds is 7. The maximum absolute atomic E-state index is 12.9. The number of fused-ring (bicyclic) bond motifs is 1. The average molecular weight is 365 g/mol. The van der Waals surface area contributed by atoms with Gasteiger partial charge in [-0.25, -0.2) is 4.79 Å². The molecule has 0 aliphatic rings. The molecule has 0 atom stereocenters. The molecule has 1 heterocycles. The summed E-state index contributed by atoms with van der Waals surface area (Å²) in [5.41, 5.74) is 2.34. The van der Waals surface area contributed by atoms with Crippen molar-refractivity contribution in [2.75, 3.05) is 13.7 Å². The first-order chi connectivity index (χ1) is 13.0. The van der Waals surface area contributed by atoms with Crippen molar-refractivity contribution in [1.29, 1.82) is 0 Å². The second-order valence-corrected chi connectivity index (χ2v) is 6.33. The molecular formula is C21H23N3O3. The number of amides is 1. The van der Waals surface area contributed by atoms with Crippen LogP contribution in [0, 0.1) is 0 Å². The summed E-state index contributed by atoms with van der Waals surface area (Å²) >= 11 is 0. The predicted molar refractivity (Wildman–Crippen MR) is 106 cm³/mol. The van der Waals surface area contributed by atoms with Crippen molar-refractivity contribution in [3.05, 3.63) is 77.2 Å². The number of carbonyl (C=O) groups excluding carboxylic acids is 1. The van der Waals surface area contributed by atoms with Crippen molar-refractivity contribution >= 4 is 16.9 Å². The maximum atomic E-state index is 12.9. The number of carbonyl (C=O) groups is 1. The zero-order chi connectivity index (χ0) is 19.4. The number of para-hydroxylation sites is 2. The Bertz CT molecular complexity index is 1020. The molecule has 0 saturated heterocycles. The van der Waals surface area contributed by atoms with Crippen molar-refractivity contribution in [1.82, 2.24) is 14.0 Å². The fourth-order valence-electron chi connectivity index (χ4n) is 3.11. The van der Waals surface area contributed by atoms with Gasteiger partial charge in [0, 0.05) is 20.1 Å². The van der Waals surface area contributed by atoms with E-state index in [2.05, 4.69) is 6.58 Å². The summed E-state index contributed by atoms with van der Waals surface area (Å²) in [6, 6.07) is 15.0. The second-order valence-electron chi connectivity index (χ2n) is 6.33. The van der Waals surface area contributed by atoms with Crippen LogP contribution < -0.4 is 10.4 Å². The van der Waals surface area contributed by atoms with Crippen LogP contribution in [0.25, 0.3) is 11.0 Å². The lowest BCUT2D eigenvalue weighted by molar-refractivity contribution is -0.131. The first-order valence-corrected chi connectivity index (χ1v) is 8.71. The Morgan fingerprint density at radius 3 is 2.44 bits per heavy atom. The van der Waals surface area contributed by atoms with Crippen LogP contribution in [0.1, 0.15) is 5.56 Å². The lowest BCUT2D eigenvalue weighted by atomic mass is 10.2. The van der Waals surface area contributed by atoms with Gasteiger partial charge in [-0.3, -0.25) is 13.9 Å². The van der Waals surface area contributed by atoms with Crippen molar-refractivity contribution < 1.29 is 9.53 Å². The molecule has 0 unspecified atom stereocenters. The molecule has 0 radical (unpaired) electrons. The minimum absolute atomic E-state index is 0.00974. The van der Waals surface area contributed by atoms with E-state index < -0.39 is 0 Å². The number of nitrogens with zero attached hydrogens (tertiary/aromatic N) is 3. The van der Waals surface area contributed by atoms with E-state index >= 15 is 0 Å². The van der Waals surface area contributed by atoms with Crippen LogP contribution >= 0.6 is 0 Å². The average Bonchev–Trinajstić information content (AvgIpc) is 2.93. The molecule has 3 rings (SSSR count). The normalized spacial score (nSPS) is 10.7. The van der Waals surface area contributed by atoms with Crippen LogP contribution in [0.15, 0.2) is 66.0 Å². The minimum Gasteiger partial charge on any atom is -0.497 e. The molecular weight excluding hydrogens is 342 g/mol. The van der Waals surface area contributed by atoms with Gasteiger partial charge in [-0.15, -0.1) is 6.58 Å². The third-order valence-corrected chi connectivity index (χ3v) is 4.58. The molecule has 140 valence electrons. The molecule has 3 aromatic rings. The Hall–Kier alpha value is -3.28. The topological polar surface area (TPSA) is 56.5 Å². The van der Waals surface area contributed by atoms with E-state index in [1.807, 2.05) is 48.5 Å². The van der Waals surface area contributed by atoms with E-state index in [4.69, 9.17) is 4.74 Å². The summed E-state index contributed by atoms with van der Waals surface area (Å²) in [6.45, 7) is 4.58. The molecule has 1 aromatic heterocycles. The van der Waals surface area contributed by atoms with Crippen LogP contribution in [-0.2, 0) is 24.9 Å². The fraction of sp³-hybridized carbons (Fsp3) is 0.238. The molecule has 0 spiro atoms. The standard InChI is InChI=1S/C21H23N3O3/c1-4-13-23(14-16-9-11-17(27-3)12-10-16)20(25)15-24-19-8-6-5-7-18(19)22(2)21(24)26/h4-12H,1,13-15H2,2-3H3. The smallest absolute Gasteiger partial charge is 0.329 e. The molecule has 0 bridgehead atoms. The van der Waals surface area contributed by atoms with Gasteiger partial charge >= 0.3 is 5.69 Å². The Balaban J connectivity index is 1.84. The Labute approximate surface area is 157 Å². The number of hydrogen-bond acceptors (Lipinski definition) is 3. The van der Waals surface area contributed by atoms with E-state index in [0.717, 1.165) is 22.3 Å². The molecule has 0 saturated carbocycles. The van der Waals surface area contributed by atoms with Gasteiger partial charge in [0.15, 0.2) is 0 Å². The van der Waals surface area contributed by atoms with E-state index in [-0.39, 0.29) is 18.1 Å². The van der Waals surface area contributed by atoms with Crippen LogP contribution in [0.3, 0.4) is 0 Å². The minimum atomic E-state index is -0.201. The third-order valence-electron chi connectivity index (χ3n) is 4.58. The number of aromatic nitrogens is 2. The Morgan fingerprint density at radius 2 is 1.81 bits per heavy atom. The lowest BCUT2D eigenvalue weighted by Gasteiger charge is -2.21. The highest BCUT2D eigenvalue weighted by molar-refractivity contribution is 5.81. The molecule has 0 N–H and O–H groups in total. The summed E-state index contributed by atoms with van der Waals surface area (Å²) in [4.78, 5) is 27.2. The highest BCUT2D eigenvalue weighted by Gasteiger charge is 2.18. The zero-order valence-corrected chi connectivity index (χ0v) is 15.6. The highest BCUT2D eigenvalue weighted by atomic mass is 16.5. The van der Waals surface area contributed by atoms with Gasteiger partial charge in [0.25, 0.3) is 0 Å². The van der Waals surface area contributed by atoms with Gasteiger partial charge in [0.05, 0.1) is 18.1 Å². The first kappa shape index (κ1) is 18.5. The predicted octanol–water partition coefficient (Wildman–Crippen LogP) is 2.56. The monoisotopic (exact) mass is 365 g/mol. The van der Waals surface area contributed by atoms with Gasteiger partial charge < -0.3 is 9.64 Å². The van der Waals surface area contributed by atoms with E-state index in [1.165, 1.54) is 4.57 Å². The zero-order valence-electron chi connectivity index (χ0n) is 15.6. The van der Waals surface area contributed by atoms with Gasteiger partial charge in [-0.2, -0.15) is 0 Å². The molecule has 1 amide bonds. The summed E-state index contributed by atoms with van der Waals surface area (Å²) in [5.74, 6) is 0.631. The lowest BCUT2D eigenvalue weighted by Crippen LogP contribution is -2.36. The van der Waals surface area contributed by atoms with Crippen molar-refractivity contribution in [3.8, 4) is 5.75 Å². The Kier molecular flexibility index (Phi) is 5.45. The first-order valence-electron chi connectivity index (χ1n) is 8.71.